The van der Waals surface area contributed by atoms with Crippen molar-refractivity contribution < 1.29 is 33.8 Å². The summed E-state index contributed by atoms with van der Waals surface area (Å²) in [6, 6.07) is 3.65. The highest BCUT2D eigenvalue weighted by Crippen LogP contribution is 2.47. The molecule has 1 aromatic rings. The molecule has 3 rings (SSSR count). The summed E-state index contributed by atoms with van der Waals surface area (Å²) in [5.41, 5.74) is -1.56. The molecule has 168 valence electrons. The molecule has 2 N–H and O–H groups in total. The molecule has 11 heteroatoms. The van der Waals surface area contributed by atoms with Crippen molar-refractivity contribution in [3.63, 3.8) is 0 Å². The zero-order valence-corrected chi connectivity index (χ0v) is 19.0. The highest BCUT2D eigenvalue weighted by atomic mass is 32.2. The van der Waals surface area contributed by atoms with E-state index >= 15 is 0 Å². The van der Waals surface area contributed by atoms with Crippen LogP contribution in [0.25, 0.3) is 0 Å². The molecule has 2 amide bonds. The molecule has 2 aliphatic rings. The van der Waals surface area contributed by atoms with E-state index in [9.17, 15) is 24.3 Å². The second-order valence-electron chi connectivity index (χ2n) is 7.32. The number of ether oxygens (including phenoxy) is 2. The molecule has 2 atom stereocenters. The maximum absolute atomic E-state index is 13.2. The van der Waals surface area contributed by atoms with Gasteiger partial charge < -0.3 is 19.9 Å². The van der Waals surface area contributed by atoms with E-state index in [0.29, 0.717) is 5.57 Å². The lowest BCUT2D eigenvalue weighted by atomic mass is 9.97. The number of rotatable bonds is 9. The summed E-state index contributed by atoms with van der Waals surface area (Å²) in [6.45, 7) is 4.90. The number of hydrogen-bond acceptors (Lipinski definition) is 8. The van der Waals surface area contributed by atoms with Gasteiger partial charge in [0.05, 0.1) is 12.5 Å². The fraction of sp³-hybridized carbons (Fsp3) is 0.500. The van der Waals surface area contributed by atoms with Gasteiger partial charge in [0.15, 0.2) is 0 Å². The quantitative estimate of drug-likeness (QED) is 0.319. The highest BCUT2D eigenvalue weighted by molar-refractivity contribution is 8.00. The zero-order chi connectivity index (χ0) is 22.8. The molecule has 31 heavy (non-hydrogen) atoms. The predicted octanol–water partition coefficient (Wildman–Crippen LogP) is 1.74. The number of aliphatic carboxylic acids is 1. The molecule has 0 aliphatic carbocycles. The minimum atomic E-state index is -1.65. The first-order chi connectivity index (χ1) is 14.7. The molecule has 3 heterocycles. The normalized spacial score (nSPS) is 22.8. The minimum absolute atomic E-state index is 0.0887. The van der Waals surface area contributed by atoms with Gasteiger partial charge in [0.1, 0.15) is 17.7 Å². The van der Waals surface area contributed by atoms with Crippen LogP contribution in [0.3, 0.4) is 0 Å². The smallest absolute Gasteiger partial charge is 0.352 e. The van der Waals surface area contributed by atoms with Crippen molar-refractivity contribution in [1.82, 2.24) is 10.2 Å². The van der Waals surface area contributed by atoms with Crippen LogP contribution in [-0.4, -0.2) is 63.3 Å². The molecule has 0 spiro atoms. The third kappa shape index (κ3) is 4.63. The van der Waals surface area contributed by atoms with Gasteiger partial charge in [0.25, 0.3) is 11.6 Å². The maximum Gasteiger partial charge on any atom is 0.352 e. The Morgan fingerprint density at radius 3 is 2.71 bits per heavy atom. The average molecular weight is 469 g/mol. The van der Waals surface area contributed by atoms with Crippen molar-refractivity contribution in [3.05, 3.63) is 33.7 Å². The third-order valence-corrected chi connectivity index (χ3v) is 6.92. The number of β-lactam (4-membered cyclic amide) rings is 1. The van der Waals surface area contributed by atoms with Crippen molar-refractivity contribution in [1.29, 1.82) is 0 Å². The fourth-order valence-corrected chi connectivity index (χ4v) is 5.50. The van der Waals surface area contributed by atoms with Crippen LogP contribution in [0.5, 0.6) is 0 Å². The summed E-state index contributed by atoms with van der Waals surface area (Å²) in [6.07, 6.45) is -0.140. The van der Waals surface area contributed by atoms with Crippen LogP contribution < -0.4 is 5.32 Å². The van der Waals surface area contributed by atoms with E-state index < -0.39 is 35.0 Å². The van der Waals surface area contributed by atoms with E-state index in [-0.39, 0.29) is 36.8 Å². The number of carboxylic acids is 1. The summed E-state index contributed by atoms with van der Waals surface area (Å²) < 4.78 is 11.0. The Labute approximate surface area is 187 Å². The first kappa shape index (κ1) is 23.3. The van der Waals surface area contributed by atoms with Crippen LogP contribution in [0, 0.1) is 0 Å². The van der Waals surface area contributed by atoms with Crippen LogP contribution in [0.2, 0.25) is 0 Å². The Balaban J connectivity index is 1.85. The highest BCUT2D eigenvalue weighted by Gasteiger charge is 2.67. The zero-order valence-electron chi connectivity index (χ0n) is 17.4. The summed E-state index contributed by atoms with van der Waals surface area (Å²) in [5.74, 6) is -2.59. The lowest BCUT2D eigenvalue weighted by Crippen LogP contribution is -2.81. The second-order valence-corrected chi connectivity index (χ2v) is 9.42. The molecule has 0 saturated carbocycles. The number of amides is 2. The van der Waals surface area contributed by atoms with Gasteiger partial charge in [-0.05, 0) is 25.3 Å². The molecule has 0 aromatic carbocycles. The minimum Gasteiger partial charge on any atom is -0.477 e. The van der Waals surface area contributed by atoms with Crippen LogP contribution in [0.15, 0.2) is 28.8 Å². The second kappa shape index (κ2) is 9.41. The molecule has 1 unspecified atom stereocenters. The number of hydrogen-bond donors (Lipinski definition) is 2. The Kier molecular flexibility index (Phi) is 7.07. The van der Waals surface area contributed by atoms with Crippen LogP contribution in [-0.2, 0) is 35.1 Å². The van der Waals surface area contributed by atoms with Crippen molar-refractivity contribution in [2.75, 3.05) is 12.4 Å². The fourth-order valence-electron chi connectivity index (χ4n) is 3.42. The van der Waals surface area contributed by atoms with E-state index in [4.69, 9.17) is 9.47 Å². The van der Waals surface area contributed by atoms with Crippen molar-refractivity contribution in [2.45, 2.75) is 50.8 Å². The van der Waals surface area contributed by atoms with Crippen LogP contribution >= 0.6 is 23.1 Å². The summed E-state index contributed by atoms with van der Waals surface area (Å²) >= 11 is 2.69. The van der Waals surface area contributed by atoms with E-state index in [0.717, 1.165) is 9.78 Å². The Bertz CT molecular complexity index is 913. The Morgan fingerprint density at radius 2 is 2.13 bits per heavy atom. The predicted molar refractivity (Wildman–Crippen MR) is 114 cm³/mol. The lowest BCUT2D eigenvalue weighted by Gasteiger charge is -2.56. The van der Waals surface area contributed by atoms with Gasteiger partial charge in [-0.25, -0.2) is 4.79 Å². The molecule has 1 fully saturated rings. The number of carbonyl (C=O) groups excluding carboxylic acids is 3. The molecule has 2 aliphatic heterocycles. The van der Waals surface area contributed by atoms with Crippen molar-refractivity contribution in [3.8, 4) is 0 Å². The van der Waals surface area contributed by atoms with Gasteiger partial charge in [-0.3, -0.25) is 19.3 Å². The molecule has 0 radical (unpaired) electrons. The van der Waals surface area contributed by atoms with Gasteiger partial charge in [-0.15, -0.1) is 23.1 Å². The summed E-state index contributed by atoms with van der Waals surface area (Å²) in [5, 5.41) is 13.6. The summed E-state index contributed by atoms with van der Waals surface area (Å²) in [7, 11) is 0. The number of thiophene rings is 1. The SMILES string of the molecule is CCC(=O)OCC1=C(C(=O)O)N2C(=O)C(NC(=O)Cc3cccs3)(OC(C)C)[C@H]2SC1. The number of nitrogens with zero attached hydrogens (tertiary/aromatic N) is 1. The Hall–Kier alpha value is -2.37. The van der Waals surface area contributed by atoms with E-state index in [1.165, 1.54) is 23.1 Å². The number of esters is 1. The maximum atomic E-state index is 13.2. The first-order valence-electron chi connectivity index (χ1n) is 9.77. The molecule has 0 bridgehead atoms. The first-order valence-corrected chi connectivity index (χ1v) is 11.7. The monoisotopic (exact) mass is 468 g/mol. The van der Waals surface area contributed by atoms with E-state index in [1.54, 1.807) is 20.8 Å². The topological polar surface area (TPSA) is 122 Å². The van der Waals surface area contributed by atoms with Gasteiger partial charge in [0.2, 0.25) is 5.91 Å². The summed E-state index contributed by atoms with van der Waals surface area (Å²) in [4.78, 5) is 51.3. The van der Waals surface area contributed by atoms with E-state index in [1.807, 2.05) is 17.5 Å². The van der Waals surface area contributed by atoms with E-state index in [2.05, 4.69) is 5.32 Å². The van der Waals surface area contributed by atoms with Gasteiger partial charge in [-0.1, -0.05) is 13.0 Å². The molecule has 9 nitrogen and oxygen atoms in total. The largest absolute Gasteiger partial charge is 0.477 e. The van der Waals surface area contributed by atoms with Gasteiger partial charge in [0, 0.05) is 22.6 Å². The average Bonchev–Trinajstić information content (AvgIpc) is 3.22. The molecule has 1 saturated heterocycles. The van der Waals surface area contributed by atoms with Crippen molar-refractivity contribution >= 4 is 46.9 Å². The number of fused-ring (bicyclic) bond motifs is 1. The third-order valence-electron chi connectivity index (χ3n) is 4.67. The van der Waals surface area contributed by atoms with Crippen molar-refractivity contribution in [2.24, 2.45) is 0 Å². The van der Waals surface area contributed by atoms with Gasteiger partial charge in [-0.2, -0.15) is 0 Å². The molecular weight excluding hydrogens is 444 g/mol. The molecule has 1 aromatic heterocycles. The standard InChI is InChI=1S/C20H24N2O7S2/c1-4-15(24)28-9-12-10-31-19-20(29-11(2)3,18(27)22(19)16(12)17(25)26)21-14(23)8-13-6-5-7-30-13/h5-7,11,19H,4,8-10H2,1-3H3,(H,21,23)(H,25,26)/t19-,20?/m1/s1. The Morgan fingerprint density at radius 1 is 1.39 bits per heavy atom. The number of carboxylic acid groups (broad SMARTS) is 1. The van der Waals surface area contributed by atoms with Crippen LogP contribution in [0.4, 0.5) is 0 Å². The number of thioether (sulfide) groups is 1. The van der Waals surface area contributed by atoms with Crippen LogP contribution in [0.1, 0.15) is 32.1 Å². The molecular formula is C20H24N2O7S2. The number of nitrogens with one attached hydrogen (secondary N) is 1. The number of carbonyl (C=O) groups is 4. The lowest BCUT2D eigenvalue weighted by molar-refractivity contribution is -0.206. The van der Waals surface area contributed by atoms with Gasteiger partial charge >= 0.3 is 11.9 Å².